The van der Waals surface area contributed by atoms with Gasteiger partial charge in [0.1, 0.15) is 22.9 Å². The third kappa shape index (κ3) is 4.08. The topological polar surface area (TPSA) is 77.1 Å². The van der Waals surface area contributed by atoms with Crippen molar-refractivity contribution in [2.24, 2.45) is 0 Å². The summed E-state index contributed by atoms with van der Waals surface area (Å²) in [6.07, 6.45) is 0. The minimum Gasteiger partial charge on any atom is -0.497 e. The highest BCUT2D eigenvalue weighted by Gasteiger charge is 2.41. The summed E-state index contributed by atoms with van der Waals surface area (Å²) in [5.41, 5.74) is 4.13. The van der Waals surface area contributed by atoms with Crippen molar-refractivity contribution in [3.8, 4) is 17.2 Å². The average molecular weight is 459 g/mol. The predicted molar refractivity (Wildman–Crippen MR) is 131 cm³/mol. The van der Waals surface area contributed by atoms with Gasteiger partial charge in [-0.15, -0.1) is 0 Å². The maximum absolute atomic E-state index is 13.7. The molecule has 7 heteroatoms. The Kier molecular flexibility index (Phi) is 6.27. The lowest BCUT2D eigenvalue weighted by atomic mass is 9.97. The van der Waals surface area contributed by atoms with Gasteiger partial charge in [0.15, 0.2) is 0 Å². The number of carbonyl (C=O) groups is 2. The Balaban J connectivity index is 1.85. The SMILES string of the molecule is COc1ccc(N2C(=O)C(Nc3ccc(OC)cc3OC)=C(c3ccc(C)cc3C)C2=O)cc1. The third-order valence-electron chi connectivity index (χ3n) is 5.73. The molecule has 3 aromatic carbocycles. The van der Waals surface area contributed by atoms with E-state index < -0.39 is 11.8 Å². The largest absolute Gasteiger partial charge is 0.497 e. The van der Waals surface area contributed by atoms with Gasteiger partial charge in [-0.1, -0.05) is 23.8 Å². The molecule has 0 aliphatic carbocycles. The molecule has 1 N–H and O–H groups in total. The second-order valence-electron chi connectivity index (χ2n) is 7.90. The van der Waals surface area contributed by atoms with Crippen LogP contribution in [0.2, 0.25) is 0 Å². The lowest BCUT2D eigenvalue weighted by Crippen LogP contribution is -2.32. The second-order valence-corrected chi connectivity index (χ2v) is 7.90. The van der Waals surface area contributed by atoms with Crippen LogP contribution in [0, 0.1) is 13.8 Å². The molecule has 0 radical (unpaired) electrons. The van der Waals surface area contributed by atoms with Crippen molar-refractivity contribution < 1.29 is 23.8 Å². The Morgan fingerprint density at radius 2 is 1.41 bits per heavy atom. The molecule has 1 heterocycles. The molecule has 0 bridgehead atoms. The summed E-state index contributed by atoms with van der Waals surface area (Å²) in [6.45, 7) is 3.91. The van der Waals surface area contributed by atoms with E-state index in [0.717, 1.165) is 11.1 Å². The number of imide groups is 1. The van der Waals surface area contributed by atoms with Crippen molar-refractivity contribution >= 4 is 28.8 Å². The summed E-state index contributed by atoms with van der Waals surface area (Å²) in [6, 6.07) is 17.8. The minimum absolute atomic E-state index is 0.177. The standard InChI is InChI=1S/C27H26N2O5/c1-16-6-12-21(17(2)14-16)24-25(28-22-13-11-20(33-4)15-23(22)34-5)27(31)29(26(24)30)18-7-9-19(32-3)10-8-18/h6-15,28H,1-5H3. The Morgan fingerprint density at radius 1 is 0.735 bits per heavy atom. The van der Waals surface area contributed by atoms with E-state index in [4.69, 9.17) is 14.2 Å². The van der Waals surface area contributed by atoms with Gasteiger partial charge in [-0.05, 0) is 61.4 Å². The van der Waals surface area contributed by atoms with Crippen LogP contribution in [-0.4, -0.2) is 33.1 Å². The highest BCUT2D eigenvalue weighted by molar-refractivity contribution is 6.46. The molecule has 2 amide bonds. The molecule has 3 aromatic rings. The summed E-state index contributed by atoms with van der Waals surface area (Å²) < 4.78 is 16.0. The number of ether oxygens (including phenoxy) is 3. The van der Waals surface area contributed by atoms with Gasteiger partial charge in [-0.2, -0.15) is 0 Å². The quantitative estimate of drug-likeness (QED) is 0.516. The van der Waals surface area contributed by atoms with E-state index in [-0.39, 0.29) is 5.70 Å². The molecular formula is C27H26N2O5. The number of methoxy groups -OCH3 is 3. The summed E-state index contributed by atoms with van der Waals surface area (Å²) in [7, 11) is 4.66. The van der Waals surface area contributed by atoms with Crippen LogP contribution in [0.15, 0.2) is 66.4 Å². The maximum Gasteiger partial charge on any atom is 0.282 e. The Hall–Kier alpha value is -4.26. The van der Waals surface area contributed by atoms with E-state index in [2.05, 4.69) is 5.32 Å². The summed E-state index contributed by atoms with van der Waals surface area (Å²) in [5.74, 6) is 0.862. The third-order valence-corrected chi connectivity index (χ3v) is 5.73. The first kappa shape index (κ1) is 22.9. The fourth-order valence-electron chi connectivity index (χ4n) is 3.99. The molecule has 0 spiro atoms. The minimum atomic E-state index is -0.456. The smallest absolute Gasteiger partial charge is 0.282 e. The number of hydrogen-bond acceptors (Lipinski definition) is 6. The van der Waals surface area contributed by atoms with Gasteiger partial charge in [0.2, 0.25) is 0 Å². The summed E-state index contributed by atoms with van der Waals surface area (Å²) in [4.78, 5) is 28.5. The van der Waals surface area contributed by atoms with Crippen molar-refractivity contribution in [1.82, 2.24) is 0 Å². The maximum atomic E-state index is 13.7. The van der Waals surface area contributed by atoms with E-state index in [0.29, 0.717) is 39.8 Å². The zero-order valence-electron chi connectivity index (χ0n) is 19.8. The fourth-order valence-corrected chi connectivity index (χ4v) is 3.99. The first-order chi connectivity index (χ1) is 16.4. The molecule has 0 atom stereocenters. The molecule has 0 unspecified atom stereocenters. The van der Waals surface area contributed by atoms with Gasteiger partial charge in [0, 0.05) is 6.07 Å². The molecule has 0 fully saturated rings. The highest BCUT2D eigenvalue weighted by atomic mass is 16.5. The normalized spacial score (nSPS) is 13.4. The van der Waals surface area contributed by atoms with Crippen molar-refractivity contribution in [1.29, 1.82) is 0 Å². The number of anilines is 2. The number of rotatable bonds is 7. The van der Waals surface area contributed by atoms with E-state index in [1.807, 2.05) is 32.0 Å². The van der Waals surface area contributed by atoms with Crippen LogP contribution in [0.3, 0.4) is 0 Å². The van der Waals surface area contributed by atoms with Crippen molar-refractivity contribution in [3.05, 3.63) is 83.1 Å². The molecule has 174 valence electrons. The number of benzene rings is 3. The molecular weight excluding hydrogens is 432 g/mol. The predicted octanol–water partition coefficient (Wildman–Crippen LogP) is 4.73. The molecule has 1 aliphatic heterocycles. The van der Waals surface area contributed by atoms with Gasteiger partial charge < -0.3 is 19.5 Å². The van der Waals surface area contributed by atoms with E-state index in [1.165, 1.54) is 12.0 Å². The lowest BCUT2D eigenvalue weighted by Gasteiger charge is -2.16. The number of nitrogens with one attached hydrogen (secondary N) is 1. The monoisotopic (exact) mass is 458 g/mol. The van der Waals surface area contributed by atoms with Gasteiger partial charge >= 0.3 is 0 Å². The van der Waals surface area contributed by atoms with E-state index in [9.17, 15) is 9.59 Å². The zero-order chi connectivity index (χ0) is 24.4. The molecule has 0 saturated heterocycles. The Morgan fingerprint density at radius 3 is 2.03 bits per heavy atom. The van der Waals surface area contributed by atoms with Crippen molar-refractivity contribution in [3.63, 3.8) is 0 Å². The number of amides is 2. The summed E-state index contributed by atoms with van der Waals surface area (Å²) >= 11 is 0. The summed E-state index contributed by atoms with van der Waals surface area (Å²) in [5, 5.41) is 3.17. The Labute approximate surface area is 198 Å². The van der Waals surface area contributed by atoms with Crippen LogP contribution in [0.5, 0.6) is 17.2 Å². The molecule has 0 aromatic heterocycles. The van der Waals surface area contributed by atoms with Crippen LogP contribution in [0.1, 0.15) is 16.7 Å². The van der Waals surface area contributed by atoms with Crippen molar-refractivity contribution in [2.75, 3.05) is 31.5 Å². The molecule has 7 nitrogen and oxygen atoms in total. The fraction of sp³-hybridized carbons (Fsp3) is 0.185. The number of carbonyl (C=O) groups excluding carboxylic acids is 2. The average Bonchev–Trinajstić information content (AvgIpc) is 3.08. The van der Waals surface area contributed by atoms with Crippen LogP contribution in [0.4, 0.5) is 11.4 Å². The first-order valence-corrected chi connectivity index (χ1v) is 10.7. The van der Waals surface area contributed by atoms with Crippen LogP contribution >= 0.6 is 0 Å². The number of nitrogens with zero attached hydrogens (tertiary/aromatic N) is 1. The van der Waals surface area contributed by atoms with E-state index >= 15 is 0 Å². The molecule has 4 rings (SSSR count). The van der Waals surface area contributed by atoms with Gasteiger partial charge in [0.25, 0.3) is 11.8 Å². The first-order valence-electron chi connectivity index (χ1n) is 10.7. The van der Waals surface area contributed by atoms with E-state index in [1.54, 1.807) is 56.7 Å². The zero-order valence-corrected chi connectivity index (χ0v) is 19.8. The Bertz CT molecular complexity index is 1290. The second kappa shape index (κ2) is 9.31. The number of aryl methyl sites for hydroxylation is 2. The molecule has 0 saturated carbocycles. The highest BCUT2D eigenvalue weighted by Crippen LogP contribution is 2.38. The van der Waals surface area contributed by atoms with Crippen LogP contribution in [0.25, 0.3) is 5.57 Å². The van der Waals surface area contributed by atoms with Gasteiger partial charge in [-0.25, -0.2) is 4.90 Å². The van der Waals surface area contributed by atoms with Crippen molar-refractivity contribution in [2.45, 2.75) is 13.8 Å². The molecule has 1 aliphatic rings. The number of hydrogen-bond donors (Lipinski definition) is 1. The van der Waals surface area contributed by atoms with Gasteiger partial charge in [-0.3, -0.25) is 9.59 Å². The molecule has 34 heavy (non-hydrogen) atoms. The lowest BCUT2D eigenvalue weighted by molar-refractivity contribution is -0.120. The van der Waals surface area contributed by atoms with Crippen LogP contribution < -0.4 is 24.4 Å². The van der Waals surface area contributed by atoms with Crippen LogP contribution in [-0.2, 0) is 9.59 Å². The van der Waals surface area contributed by atoms with Gasteiger partial charge in [0.05, 0.1) is 38.3 Å².